The van der Waals surface area contributed by atoms with Crippen molar-refractivity contribution in [3.8, 4) is 17.2 Å². The summed E-state index contributed by atoms with van der Waals surface area (Å²) in [6, 6.07) is 15.1. The number of amides is 3. The number of carbonyl (C=O) groups excluding carboxylic acids is 3. The van der Waals surface area contributed by atoms with Crippen LogP contribution in [-0.2, 0) is 16.2 Å². The van der Waals surface area contributed by atoms with Crippen molar-refractivity contribution < 1.29 is 28.6 Å². The van der Waals surface area contributed by atoms with Crippen molar-refractivity contribution >= 4 is 75.4 Å². The Bertz CT molecular complexity index is 1500. The monoisotopic (exact) mass is 634 g/mol. The molecule has 0 spiro atoms. The number of rotatable bonds is 11. The number of benzene rings is 3. The lowest BCUT2D eigenvalue weighted by molar-refractivity contribution is -0.127. The number of halogens is 3. The van der Waals surface area contributed by atoms with Crippen LogP contribution in [0.3, 0.4) is 0 Å². The van der Waals surface area contributed by atoms with Gasteiger partial charge in [-0.1, -0.05) is 40.9 Å². The average molecular weight is 636 g/mol. The maximum absolute atomic E-state index is 13.0. The summed E-state index contributed by atoms with van der Waals surface area (Å²) in [6.45, 7) is 4.22. The normalized spacial score (nSPS) is 14.0. The standard InChI is InChI=1S/C29H25Cl3N2O6S/c1-3-38-21-9-7-20(8-10-21)33-26(35)15-34-28(36)25(41-29(34)37)13-17-11-23(32)27(24(12-17)39-4-2)40-16-18-5-6-19(30)14-22(18)31/h5-14H,3-4,15-16H2,1-2H3,(H,33,35)/b25-13+. The number of nitrogens with zero attached hydrogens (tertiary/aromatic N) is 1. The van der Waals surface area contributed by atoms with Gasteiger partial charge in [-0.3, -0.25) is 19.3 Å². The van der Waals surface area contributed by atoms with Crippen LogP contribution in [0.5, 0.6) is 17.2 Å². The third-order valence-electron chi connectivity index (χ3n) is 5.64. The fraction of sp³-hybridized carbons (Fsp3) is 0.207. The van der Waals surface area contributed by atoms with E-state index in [1.54, 1.807) is 54.6 Å². The molecule has 41 heavy (non-hydrogen) atoms. The highest BCUT2D eigenvalue weighted by molar-refractivity contribution is 8.18. The molecular weight excluding hydrogens is 611 g/mol. The molecule has 0 atom stereocenters. The number of hydrogen-bond acceptors (Lipinski definition) is 7. The Hall–Kier alpha value is -3.37. The zero-order valence-corrected chi connectivity index (χ0v) is 25.1. The number of imide groups is 1. The van der Waals surface area contributed by atoms with Crippen LogP contribution >= 0.6 is 46.6 Å². The first-order chi connectivity index (χ1) is 19.7. The number of nitrogens with one attached hydrogen (secondary N) is 1. The molecule has 12 heteroatoms. The van der Waals surface area contributed by atoms with Crippen LogP contribution in [0.25, 0.3) is 6.08 Å². The molecule has 8 nitrogen and oxygen atoms in total. The van der Waals surface area contributed by atoms with Gasteiger partial charge in [-0.15, -0.1) is 0 Å². The first-order valence-electron chi connectivity index (χ1n) is 12.5. The molecule has 4 rings (SSSR count). The maximum atomic E-state index is 13.0. The van der Waals surface area contributed by atoms with E-state index in [0.717, 1.165) is 16.7 Å². The molecule has 3 aromatic carbocycles. The van der Waals surface area contributed by atoms with E-state index >= 15 is 0 Å². The largest absolute Gasteiger partial charge is 0.494 e. The van der Waals surface area contributed by atoms with Gasteiger partial charge in [-0.2, -0.15) is 0 Å². The van der Waals surface area contributed by atoms with Crippen molar-refractivity contribution in [2.45, 2.75) is 20.5 Å². The quantitative estimate of drug-likeness (QED) is 0.216. The predicted octanol–water partition coefficient (Wildman–Crippen LogP) is 7.70. The summed E-state index contributed by atoms with van der Waals surface area (Å²) in [5.74, 6) is 0.219. The van der Waals surface area contributed by atoms with Crippen molar-refractivity contribution in [2.75, 3.05) is 25.1 Å². The van der Waals surface area contributed by atoms with Crippen LogP contribution in [0.2, 0.25) is 15.1 Å². The van der Waals surface area contributed by atoms with Crippen LogP contribution in [0.15, 0.2) is 59.5 Å². The van der Waals surface area contributed by atoms with Crippen molar-refractivity contribution in [2.24, 2.45) is 0 Å². The molecular formula is C29H25Cl3N2O6S. The van der Waals surface area contributed by atoms with Crippen molar-refractivity contribution in [3.63, 3.8) is 0 Å². The van der Waals surface area contributed by atoms with Gasteiger partial charge in [0.05, 0.1) is 23.1 Å². The van der Waals surface area contributed by atoms with Crippen LogP contribution in [-0.4, -0.2) is 41.7 Å². The molecule has 1 fully saturated rings. The Morgan fingerprint density at radius 1 is 0.927 bits per heavy atom. The van der Waals surface area contributed by atoms with Gasteiger partial charge in [-0.05, 0) is 85.8 Å². The molecule has 0 aromatic heterocycles. The lowest BCUT2D eigenvalue weighted by Gasteiger charge is -2.15. The van der Waals surface area contributed by atoms with Gasteiger partial charge in [0.15, 0.2) is 11.5 Å². The van der Waals surface area contributed by atoms with Crippen LogP contribution in [0.1, 0.15) is 25.0 Å². The summed E-state index contributed by atoms with van der Waals surface area (Å²) >= 11 is 19.5. The smallest absolute Gasteiger partial charge is 0.294 e. The molecule has 0 aliphatic carbocycles. The highest BCUT2D eigenvalue weighted by atomic mass is 35.5. The van der Waals surface area contributed by atoms with E-state index in [2.05, 4.69) is 5.32 Å². The summed E-state index contributed by atoms with van der Waals surface area (Å²) in [5.41, 5.74) is 1.73. The number of ether oxygens (including phenoxy) is 3. The lowest BCUT2D eigenvalue weighted by atomic mass is 10.1. The number of hydrogen-bond donors (Lipinski definition) is 1. The van der Waals surface area contributed by atoms with Gasteiger partial charge >= 0.3 is 0 Å². The zero-order chi connectivity index (χ0) is 29.5. The van der Waals surface area contributed by atoms with Gasteiger partial charge in [0.1, 0.15) is 18.9 Å². The molecule has 0 unspecified atom stereocenters. The van der Waals surface area contributed by atoms with E-state index in [0.29, 0.717) is 57.3 Å². The number of carbonyl (C=O) groups is 3. The van der Waals surface area contributed by atoms with Crippen molar-refractivity contribution in [1.82, 2.24) is 4.90 Å². The van der Waals surface area contributed by atoms with Gasteiger partial charge in [-0.25, -0.2) is 0 Å². The van der Waals surface area contributed by atoms with Crippen molar-refractivity contribution in [1.29, 1.82) is 0 Å². The molecule has 1 heterocycles. The van der Waals surface area contributed by atoms with E-state index < -0.39 is 23.6 Å². The maximum Gasteiger partial charge on any atom is 0.294 e. The average Bonchev–Trinajstić information content (AvgIpc) is 3.17. The number of anilines is 1. The fourth-order valence-corrected chi connectivity index (χ4v) is 5.37. The Labute approximate surface area is 256 Å². The predicted molar refractivity (Wildman–Crippen MR) is 162 cm³/mol. The Balaban J connectivity index is 1.46. The van der Waals surface area contributed by atoms with E-state index in [-0.39, 0.29) is 16.5 Å². The molecule has 3 amide bonds. The topological polar surface area (TPSA) is 94.2 Å². The minimum Gasteiger partial charge on any atom is -0.494 e. The summed E-state index contributed by atoms with van der Waals surface area (Å²) < 4.78 is 17.0. The van der Waals surface area contributed by atoms with E-state index in [9.17, 15) is 14.4 Å². The highest BCUT2D eigenvalue weighted by Gasteiger charge is 2.36. The third kappa shape index (κ3) is 7.89. The second kappa shape index (κ2) is 14.0. The summed E-state index contributed by atoms with van der Waals surface area (Å²) in [4.78, 5) is 39.2. The van der Waals surface area contributed by atoms with Crippen LogP contribution in [0, 0.1) is 0 Å². The van der Waals surface area contributed by atoms with Gasteiger partial charge < -0.3 is 19.5 Å². The first kappa shape index (κ1) is 30.6. The van der Waals surface area contributed by atoms with Crippen LogP contribution < -0.4 is 19.5 Å². The Kier molecular flexibility index (Phi) is 10.4. The minimum absolute atomic E-state index is 0.118. The molecule has 1 saturated heterocycles. The molecule has 0 bridgehead atoms. The molecule has 1 aliphatic heterocycles. The van der Waals surface area contributed by atoms with Crippen molar-refractivity contribution in [3.05, 3.63) is 85.7 Å². The fourth-order valence-electron chi connectivity index (χ4n) is 3.80. The van der Waals surface area contributed by atoms with Crippen LogP contribution in [0.4, 0.5) is 10.5 Å². The second-order valence-corrected chi connectivity index (χ2v) is 10.8. The van der Waals surface area contributed by atoms with Gasteiger partial charge in [0, 0.05) is 21.3 Å². The van der Waals surface area contributed by atoms with E-state index in [1.165, 1.54) is 6.08 Å². The molecule has 3 aromatic rings. The highest BCUT2D eigenvalue weighted by Crippen LogP contribution is 2.40. The second-order valence-electron chi connectivity index (χ2n) is 8.56. The van der Waals surface area contributed by atoms with E-state index in [1.807, 2.05) is 13.8 Å². The minimum atomic E-state index is -0.589. The van der Waals surface area contributed by atoms with Gasteiger partial charge in [0.25, 0.3) is 11.1 Å². The summed E-state index contributed by atoms with van der Waals surface area (Å²) in [6.07, 6.45) is 1.52. The first-order valence-corrected chi connectivity index (χ1v) is 14.4. The van der Waals surface area contributed by atoms with Gasteiger partial charge in [0.2, 0.25) is 5.91 Å². The molecule has 214 valence electrons. The Morgan fingerprint density at radius 2 is 1.66 bits per heavy atom. The summed E-state index contributed by atoms with van der Waals surface area (Å²) in [5, 5.41) is 3.32. The SMILES string of the molecule is CCOc1ccc(NC(=O)CN2C(=O)S/C(=C/c3cc(Cl)c(OCc4ccc(Cl)cc4Cl)c(OCC)c3)C2=O)cc1. The molecule has 0 radical (unpaired) electrons. The molecule has 1 N–H and O–H groups in total. The Morgan fingerprint density at radius 3 is 2.34 bits per heavy atom. The molecule has 0 saturated carbocycles. The zero-order valence-electron chi connectivity index (χ0n) is 22.0. The lowest BCUT2D eigenvalue weighted by Crippen LogP contribution is -2.36. The molecule has 1 aliphatic rings. The number of thioether (sulfide) groups is 1. The summed E-state index contributed by atoms with van der Waals surface area (Å²) in [7, 11) is 0. The van der Waals surface area contributed by atoms with E-state index in [4.69, 9.17) is 49.0 Å². The third-order valence-corrected chi connectivity index (χ3v) is 7.42.